The van der Waals surface area contributed by atoms with E-state index in [1.807, 2.05) is 0 Å². The minimum Gasteiger partial charge on any atom is -0.384 e. The van der Waals surface area contributed by atoms with E-state index in [2.05, 4.69) is 31.1 Å². The van der Waals surface area contributed by atoms with Gasteiger partial charge in [0.2, 0.25) is 5.82 Å². The van der Waals surface area contributed by atoms with Crippen molar-refractivity contribution in [3.63, 3.8) is 0 Å². The number of aromatic nitrogens is 1. The minimum atomic E-state index is -0.444. The van der Waals surface area contributed by atoms with E-state index < -0.39 is 4.92 Å². The maximum atomic E-state index is 11.0. The first-order valence-corrected chi connectivity index (χ1v) is 6.17. The van der Waals surface area contributed by atoms with Gasteiger partial charge < -0.3 is 11.1 Å². The number of nitrogens with zero attached hydrogens (tertiary/aromatic N) is 2. The van der Waals surface area contributed by atoms with Gasteiger partial charge in [0.25, 0.3) is 0 Å². The highest BCUT2D eigenvalue weighted by Crippen LogP contribution is 2.30. The highest BCUT2D eigenvalue weighted by Gasteiger charge is 2.27. The van der Waals surface area contributed by atoms with Crippen molar-refractivity contribution in [1.82, 2.24) is 4.98 Å². The molecule has 0 aliphatic rings. The van der Waals surface area contributed by atoms with Gasteiger partial charge in [-0.25, -0.2) is 4.98 Å². The molecule has 0 atom stereocenters. The first-order chi connectivity index (χ1) is 8.48. The summed E-state index contributed by atoms with van der Waals surface area (Å²) in [7, 11) is 0. The SMILES string of the molecule is CCC(CC)(CC)Nc1nc(N)ccc1[N+](=O)[O-]. The van der Waals surface area contributed by atoms with Crippen LogP contribution in [0.25, 0.3) is 0 Å². The summed E-state index contributed by atoms with van der Waals surface area (Å²) in [6.45, 7) is 6.16. The van der Waals surface area contributed by atoms with Crippen molar-refractivity contribution in [2.75, 3.05) is 11.1 Å². The molecule has 0 saturated carbocycles. The summed E-state index contributed by atoms with van der Waals surface area (Å²) in [5.41, 5.74) is 5.38. The molecule has 6 heteroatoms. The Labute approximate surface area is 107 Å². The molecule has 1 rings (SSSR count). The third-order valence-corrected chi connectivity index (χ3v) is 3.51. The molecule has 0 aliphatic carbocycles. The van der Waals surface area contributed by atoms with E-state index in [0.717, 1.165) is 19.3 Å². The van der Waals surface area contributed by atoms with Gasteiger partial charge in [-0.15, -0.1) is 0 Å². The molecule has 0 unspecified atom stereocenters. The average molecular weight is 252 g/mol. The lowest BCUT2D eigenvalue weighted by atomic mass is 9.90. The van der Waals surface area contributed by atoms with Gasteiger partial charge in [0.05, 0.1) is 4.92 Å². The van der Waals surface area contributed by atoms with Gasteiger partial charge in [-0.05, 0) is 25.3 Å². The van der Waals surface area contributed by atoms with Crippen LogP contribution in [0.15, 0.2) is 12.1 Å². The molecular formula is C12H20N4O2. The Morgan fingerprint density at radius 3 is 2.33 bits per heavy atom. The molecule has 3 N–H and O–H groups in total. The topological polar surface area (TPSA) is 94.1 Å². The number of anilines is 2. The number of nitrogen functional groups attached to an aromatic ring is 1. The summed E-state index contributed by atoms with van der Waals surface area (Å²) < 4.78 is 0. The summed E-state index contributed by atoms with van der Waals surface area (Å²) in [6, 6.07) is 2.82. The number of nitro groups is 1. The number of hydrogen-bond donors (Lipinski definition) is 2. The van der Waals surface area contributed by atoms with Crippen molar-refractivity contribution in [1.29, 1.82) is 0 Å². The smallest absolute Gasteiger partial charge is 0.311 e. The number of nitrogens with two attached hydrogens (primary N) is 1. The van der Waals surface area contributed by atoms with Gasteiger partial charge in [-0.3, -0.25) is 10.1 Å². The molecule has 1 aromatic rings. The van der Waals surface area contributed by atoms with Gasteiger partial charge in [-0.2, -0.15) is 0 Å². The quantitative estimate of drug-likeness (QED) is 0.599. The van der Waals surface area contributed by atoms with E-state index in [-0.39, 0.29) is 22.9 Å². The molecule has 0 radical (unpaired) electrons. The van der Waals surface area contributed by atoms with Gasteiger partial charge in [0, 0.05) is 11.6 Å². The number of hydrogen-bond acceptors (Lipinski definition) is 5. The highest BCUT2D eigenvalue weighted by atomic mass is 16.6. The lowest BCUT2D eigenvalue weighted by Crippen LogP contribution is -2.36. The summed E-state index contributed by atoms with van der Waals surface area (Å²) in [5, 5.41) is 14.2. The Morgan fingerprint density at radius 1 is 1.33 bits per heavy atom. The summed E-state index contributed by atoms with van der Waals surface area (Å²) in [4.78, 5) is 14.6. The molecule has 0 saturated heterocycles. The maximum absolute atomic E-state index is 11.0. The van der Waals surface area contributed by atoms with Crippen LogP contribution in [0.3, 0.4) is 0 Å². The third kappa shape index (κ3) is 2.88. The standard InChI is InChI=1S/C12H20N4O2/c1-4-12(5-2,6-3)15-11-9(16(17)18)7-8-10(13)14-11/h7-8H,4-6H2,1-3H3,(H3,13,14,15). The van der Waals surface area contributed by atoms with Gasteiger partial charge in [-0.1, -0.05) is 20.8 Å². The van der Waals surface area contributed by atoms with Crippen LogP contribution in [0.1, 0.15) is 40.0 Å². The Morgan fingerprint density at radius 2 is 1.89 bits per heavy atom. The van der Waals surface area contributed by atoms with E-state index in [1.54, 1.807) is 0 Å². The van der Waals surface area contributed by atoms with Crippen LogP contribution >= 0.6 is 0 Å². The van der Waals surface area contributed by atoms with Crippen molar-refractivity contribution >= 4 is 17.3 Å². The zero-order chi connectivity index (χ0) is 13.8. The summed E-state index contributed by atoms with van der Waals surface area (Å²) in [6.07, 6.45) is 2.61. The van der Waals surface area contributed by atoms with E-state index in [1.165, 1.54) is 12.1 Å². The van der Waals surface area contributed by atoms with Crippen LogP contribution in [0.5, 0.6) is 0 Å². The van der Waals surface area contributed by atoms with Crippen LogP contribution in [-0.4, -0.2) is 15.4 Å². The number of rotatable bonds is 6. The largest absolute Gasteiger partial charge is 0.384 e. The van der Waals surface area contributed by atoms with E-state index in [9.17, 15) is 10.1 Å². The van der Waals surface area contributed by atoms with Gasteiger partial charge in [0.1, 0.15) is 5.82 Å². The fourth-order valence-corrected chi connectivity index (χ4v) is 1.97. The van der Waals surface area contributed by atoms with Crippen LogP contribution < -0.4 is 11.1 Å². The van der Waals surface area contributed by atoms with Crippen molar-refractivity contribution in [2.45, 2.75) is 45.6 Å². The summed E-state index contributed by atoms with van der Waals surface area (Å²) in [5.74, 6) is 0.533. The fraction of sp³-hybridized carbons (Fsp3) is 0.583. The van der Waals surface area contributed by atoms with Crippen molar-refractivity contribution in [3.05, 3.63) is 22.2 Å². The number of nitrogens with one attached hydrogen (secondary N) is 1. The Hall–Kier alpha value is -1.85. The Balaban J connectivity index is 3.16. The second-order valence-corrected chi connectivity index (χ2v) is 4.33. The lowest BCUT2D eigenvalue weighted by Gasteiger charge is -2.32. The molecule has 18 heavy (non-hydrogen) atoms. The normalized spacial score (nSPS) is 11.3. The van der Waals surface area contributed by atoms with E-state index in [0.29, 0.717) is 0 Å². The zero-order valence-electron chi connectivity index (χ0n) is 11.1. The first-order valence-electron chi connectivity index (χ1n) is 6.17. The molecule has 0 aromatic carbocycles. The third-order valence-electron chi connectivity index (χ3n) is 3.51. The van der Waals surface area contributed by atoms with Gasteiger partial charge in [0.15, 0.2) is 0 Å². The van der Waals surface area contributed by atoms with Gasteiger partial charge >= 0.3 is 5.69 Å². The highest BCUT2D eigenvalue weighted by molar-refractivity contribution is 5.60. The Kier molecular flexibility index (Phi) is 4.47. The molecule has 1 heterocycles. The maximum Gasteiger partial charge on any atom is 0.311 e. The molecule has 0 aliphatic heterocycles. The number of pyridine rings is 1. The lowest BCUT2D eigenvalue weighted by molar-refractivity contribution is -0.384. The van der Waals surface area contributed by atoms with Crippen molar-refractivity contribution in [2.24, 2.45) is 0 Å². The van der Waals surface area contributed by atoms with E-state index >= 15 is 0 Å². The Bertz CT molecular complexity index is 422. The second kappa shape index (κ2) is 5.66. The molecular weight excluding hydrogens is 232 g/mol. The zero-order valence-corrected chi connectivity index (χ0v) is 11.1. The molecule has 0 amide bonds. The van der Waals surface area contributed by atoms with Crippen LogP contribution in [0, 0.1) is 10.1 Å². The van der Waals surface area contributed by atoms with Crippen LogP contribution in [0.4, 0.5) is 17.3 Å². The molecule has 100 valence electrons. The summed E-state index contributed by atoms with van der Waals surface area (Å²) >= 11 is 0. The predicted octanol–water partition coefficient (Wildman–Crippen LogP) is 2.95. The second-order valence-electron chi connectivity index (χ2n) is 4.33. The molecule has 0 spiro atoms. The van der Waals surface area contributed by atoms with Crippen molar-refractivity contribution < 1.29 is 4.92 Å². The minimum absolute atomic E-state index is 0.0380. The molecule has 0 fully saturated rings. The predicted molar refractivity (Wildman–Crippen MR) is 72.5 cm³/mol. The van der Waals surface area contributed by atoms with Crippen molar-refractivity contribution in [3.8, 4) is 0 Å². The fourth-order valence-electron chi connectivity index (χ4n) is 1.97. The van der Waals surface area contributed by atoms with Crippen LogP contribution in [0.2, 0.25) is 0 Å². The average Bonchev–Trinajstić information content (AvgIpc) is 2.36. The molecule has 6 nitrogen and oxygen atoms in total. The monoisotopic (exact) mass is 252 g/mol. The first kappa shape index (κ1) is 14.2. The van der Waals surface area contributed by atoms with E-state index in [4.69, 9.17) is 5.73 Å². The van der Waals surface area contributed by atoms with Crippen LogP contribution in [-0.2, 0) is 0 Å². The molecule has 0 bridgehead atoms. The molecule has 1 aromatic heterocycles.